The van der Waals surface area contributed by atoms with Gasteiger partial charge in [-0.3, -0.25) is 0 Å². The molecular formula is C9H14N4O. The second-order valence-electron chi connectivity index (χ2n) is 3.64. The zero-order valence-corrected chi connectivity index (χ0v) is 8.47. The number of fused-ring (bicyclic) bond motifs is 1. The molecule has 2 heterocycles. The van der Waals surface area contributed by atoms with Crippen molar-refractivity contribution in [2.45, 2.75) is 13.1 Å². The van der Waals surface area contributed by atoms with E-state index in [1.165, 1.54) is 0 Å². The molecule has 0 bridgehead atoms. The number of amides is 2. The highest BCUT2D eigenvalue weighted by Crippen LogP contribution is 2.10. The van der Waals surface area contributed by atoms with E-state index in [9.17, 15) is 4.79 Å². The molecule has 0 N–H and O–H groups in total. The van der Waals surface area contributed by atoms with E-state index >= 15 is 0 Å². The summed E-state index contributed by atoms with van der Waals surface area (Å²) in [5.74, 6) is 0.964. The van der Waals surface area contributed by atoms with Crippen molar-refractivity contribution in [1.82, 2.24) is 19.4 Å². The van der Waals surface area contributed by atoms with E-state index in [-0.39, 0.29) is 6.03 Å². The molecule has 0 saturated carbocycles. The molecule has 0 atom stereocenters. The fraction of sp³-hybridized carbons (Fsp3) is 0.556. The summed E-state index contributed by atoms with van der Waals surface area (Å²) in [4.78, 5) is 19.2. The van der Waals surface area contributed by atoms with Crippen LogP contribution in [-0.2, 0) is 13.1 Å². The van der Waals surface area contributed by atoms with Crippen LogP contribution in [0.1, 0.15) is 5.82 Å². The van der Waals surface area contributed by atoms with Crippen molar-refractivity contribution in [1.29, 1.82) is 0 Å². The predicted molar refractivity (Wildman–Crippen MR) is 51.7 cm³/mol. The fourth-order valence-electron chi connectivity index (χ4n) is 1.62. The minimum atomic E-state index is 0.0549. The van der Waals surface area contributed by atoms with Gasteiger partial charge in [0.05, 0.1) is 6.54 Å². The third kappa shape index (κ3) is 1.45. The zero-order chi connectivity index (χ0) is 10.1. The van der Waals surface area contributed by atoms with Gasteiger partial charge < -0.3 is 14.4 Å². The largest absolute Gasteiger partial charge is 0.332 e. The Hall–Kier alpha value is -1.52. The van der Waals surface area contributed by atoms with Gasteiger partial charge in [0.25, 0.3) is 0 Å². The first-order chi connectivity index (χ1) is 6.68. The predicted octanol–water partition coefficient (Wildman–Crippen LogP) is 0.380. The van der Waals surface area contributed by atoms with Crippen LogP contribution >= 0.6 is 0 Å². The first-order valence-electron chi connectivity index (χ1n) is 4.64. The number of nitrogens with zero attached hydrogens (tertiary/aromatic N) is 4. The first kappa shape index (κ1) is 9.05. The summed E-state index contributed by atoms with van der Waals surface area (Å²) in [5, 5.41) is 0. The van der Waals surface area contributed by atoms with E-state index in [1.54, 1.807) is 25.2 Å². The number of imidazole rings is 1. The number of urea groups is 1. The summed E-state index contributed by atoms with van der Waals surface area (Å²) in [6, 6.07) is 0.0549. The molecule has 1 aliphatic heterocycles. The van der Waals surface area contributed by atoms with Gasteiger partial charge in [-0.15, -0.1) is 0 Å². The number of rotatable bonds is 0. The molecule has 0 fully saturated rings. The van der Waals surface area contributed by atoms with Gasteiger partial charge in [0.1, 0.15) is 5.82 Å². The molecule has 2 rings (SSSR count). The highest BCUT2D eigenvalue weighted by atomic mass is 16.2. The Labute approximate surface area is 82.9 Å². The summed E-state index contributed by atoms with van der Waals surface area (Å²) in [7, 11) is 3.53. The minimum absolute atomic E-state index is 0.0549. The molecule has 0 aliphatic carbocycles. The summed E-state index contributed by atoms with van der Waals surface area (Å²) >= 11 is 0. The number of hydrogen-bond donors (Lipinski definition) is 0. The van der Waals surface area contributed by atoms with Crippen molar-refractivity contribution in [3.05, 3.63) is 18.2 Å². The molecule has 0 saturated heterocycles. The van der Waals surface area contributed by atoms with E-state index < -0.39 is 0 Å². The Balaban J connectivity index is 2.11. The van der Waals surface area contributed by atoms with Gasteiger partial charge in [0.2, 0.25) is 0 Å². The van der Waals surface area contributed by atoms with Crippen molar-refractivity contribution in [3.63, 3.8) is 0 Å². The van der Waals surface area contributed by atoms with Crippen LogP contribution in [0, 0.1) is 0 Å². The Kier molecular flexibility index (Phi) is 2.15. The number of aromatic nitrogens is 2. The van der Waals surface area contributed by atoms with Crippen molar-refractivity contribution >= 4 is 6.03 Å². The molecule has 1 aliphatic rings. The summed E-state index contributed by atoms with van der Waals surface area (Å²) in [5.41, 5.74) is 0. The molecule has 0 unspecified atom stereocenters. The van der Waals surface area contributed by atoms with Gasteiger partial charge in [0.15, 0.2) is 0 Å². The molecule has 1 aromatic rings. The third-order valence-electron chi connectivity index (χ3n) is 2.40. The number of hydrogen-bond acceptors (Lipinski definition) is 2. The standard InChI is InChI=1S/C9H14N4O/c1-11(2)9(14)13-6-5-12-4-3-10-8(12)7-13/h3-4H,5-7H2,1-2H3. The average molecular weight is 194 g/mol. The van der Waals surface area contributed by atoms with Crippen LogP contribution in [0.4, 0.5) is 4.79 Å². The molecule has 2 amide bonds. The van der Waals surface area contributed by atoms with E-state index in [4.69, 9.17) is 0 Å². The molecular weight excluding hydrogens is 180 g/mol. The van der Waals surface area contributed by atoms with E-state index in [1.807, 2.05) is 11.1 Å². The lowest BCUT2D eigenvalue weighted by molar-refractivity contribution is 0.156. The van der Waals surface area contributed by atoms with Crippen molar-refractivity contribution in [2.24, 2.45) is 0 Å². The molecule has 0 aromatic carbocycles. The summed E-state index contributed by atoms with van der Waals surface area (Å²) in [6.45, 7) is 2.22. The Morgan fingerprint density at radius 3 is 3.00 bits per heavy atom. The summed E-state index contributed by atoms with van der Waals surface area (Å²) in [6.07, 6.45) is 3.73. The zero-order valence-electron chi connectivity index (χ0n) is 8.47. The fourth-order valence-corrected chi connectivity index (χ4v) is 1.62. The third-order valence-corrected chi connectivity index (χ3v) is 2.40. The van der Waals surface area contributed by atoms with E-state index in [2.05, 4.69) is 9.55 Å². The minimum Gasteiger partial charge on any atom is -0.332 e. The van der Waals surface area contributed by atoms with Crippen molar-refractivity contribution < 1.29 is 4.79 Å². The normalized spacial score (nSPS) is 15.1. The molecule has 0 radical (unpaired) electrons. The van der Waals surface area contributed by atoms with Gasteiger partial charge in [-0.1, -0.05) is 0 Å². The Bertz CT molecular complexity index is 344. The summed E-state index contributed by atoms with van der Waals surface area (Å²) < 4.78 is 2.08. The molecule has 1 aromatic heterocycles. The maximum atomic E-state index is 11.6. The Morgan fingerprint density at radius 1 is 1.50 bits per heavy atom. The smallest absolute Gasteiger partial charge is 0.319 e. The molecule has 14 heavy (non-hydrogen) atoms. The van der Waals surface area contributed by atoms with Gasteiger partial charge in [-0.2, -0.15) is 0 Å². The van der Waals surface area contributed by atoms with Gasteiger partial charge in [0, 0.05) is 39.6 Å². The van der Waals surface area contributed by atoms with Crippen molar-refractivity contribution in [3.8, 4) is 0 Å². The monoisotopic (exact) mass is 194 g/mol. The number of carbonyl (C=O) groups is 1. The SMILES string of the molecule is CN(C)C(=O)N1CCn2ccnc2C1. The van der Waals surface area contributed by atoms with E-state index in [0.717, 1.165) is 18.9 Å². The maximum absolute atomic E-state index is 11.6. The van der Waals surface area contributed by atoms with Crippen LogP contribution in [0.3, 0.4) is 0 Å². The first-order valence-corrected chi connectivity index (χ1v) is 4.64. The number of carbonyl (C=O) groups excluding carboxylic acids is 1. The molecule has 5 heteroatoms. The molecule has 5 nitrogen and oxygen atoms in total. The van der Waals surface area contributed by atoms with Gasteiger partial charge in [-0.05, 0) is 0 Å². The highest BCUT2D eigenvalue weighted by Gasteiger charge is 2.21. The topological polar surface area (TPSA) is 41.4 Å². The van der Waals surface area contributed by atoms with Crippen LogP contribution in [0.2, 0.25) is 0 Å². The lowest BCUT2D eigenvalue weighted by Crippen LogP contribution is -2.43. The second-order valence-corrected chi connectivity index (χ2v) is 3.64. The molecule has 76 valence electrons. The quantitative estimate of drug-likeness (QED) is 0.599. The van der Waals surface area contributed by atoms with Gasteiger partial charge >= 0.3 is 6.03 Å². The van der Waals surface area contributed by atoms with Crippen LogP contribution in [0.25, 0.3) is 0 Å². The van der Waals surface area contributed by atoms with Gasteiger partial charge in [-0.25, -0.2) is 9.78 Å². The van der Waals surface area contributed by atoms with Crippen LogP contribution in [0.5, 0.6) is 0 Å². The Morgan fingerprint density at radius 2 is 2.29 bits per heavy atom. The van der Waals surface area contributed by atoms with Crippen LogP contribution < -0.4 is 0 Å². The lowest BCUT2D eigenvalue weighted by atomic mass is 10.4. The average Bonchev–Trinajstić information content (AvgIpc) is 2.62. The lowest BCUT2D eigenvalue weighted by Gasteiger charge is -2.29. The van der Waals surface area contributed by atoms with Crippen LogP contribution in [0.15, 0.2) is 12.4 Å². The highest BCUT2D eigenvalue weighted by molar-refractivity contribution is 5.73. The molecule has 0 spiro atoms. The van der Waals surface area contributed by atoms with Crippen LogP contribution in [-0.4, -0.2) is 46.0 Å². The second kappa shape index (κ2) is 3.32. The maximum Gasteiger partial charge on any atom is 0.319 e. The van der Waals surface area contributed by atoms with Crippen molar-refractivity contribution in [2.75, 3.05) is 20.6 Å². The van der Waals surface area contributed by atoms with E-state index in [0.29, 0.717) is 6.54 Å².